The van der Waals surface area contributed by atoms with Gasteiger partial charge in [-0.1, -0.05) is 0 Å². The first-order valence-electron chi connectivity index (χ1n) is 6.27. The third kappa shape index (κ3) is 2.48. The molecule has 2 aliphatic rings. The van der Waals surface area contributed by atoms with Gasteiger partial charge >= 0.3 is 0 Å². The largest absolute Gasteiger partial charge is 0.328 e. The number of likely N-dealkylation sites (tertiary alicyclic amines) is 1. The second-order valence-electron chi connectivity index (χ2n) is 5.75. The maximum Gasteiger partial charge on any atom is 0.0813 e. The topological polar surface area (TPSA) is 26.0 Å². The van der Waals surface area contributed by atoms with Crippen molar-refractivity contribution in [3.05, 3.63) is 0 Å². The Hall–Kier alpha value is -0.0800. The Kier molecular flexibility index (Phi) is 3.13. The summed E-state index contributed by atoms with van der Waals surface area (Å²) in [5, 5.41) is 0. The normalized spacial score (nSPS) is 37.3. The lowest BCUT2D eigenvalue weighted by molar-refractivity contribution is -0.917. The van der Waals surface area contributed by atoms with Crippen LogP contribution in [0, 0.1) is 5.92 Å². The Morgan fingerprint density at radius 2 is 1.86 bits per heavy atom. The fourth-order valence-corrected chi connectivity index (χ4v) is 3.36. The van der Waals surface area contributed by atoms with Crippen molar-refractivity contribution in [1.82, 2.24) is 0 Å². The Morgan fingerprint density at radius 1 is 1.14 bits per heavy atom. The van der Waals surface area contributed by atoms with E-state index in [2.05, 4.69) is 7.05 Å². The molecule has 0 aromatic heterocycles. The molecule has 2 heteroatoms. The maximum absolute atomic E-state index is 5.97. The Bertz CT molecular complexity index is 185. The Balaban J connectivity index is 1.83. The maximum atomic E-state index is 5.97. The van der Waals surface area contributed by atoms with E-state index in [1.54, 1.807) is 0 Å². The van der Waals surface area contributed by atoms with Gasteiger partial charge in [-0.3, -0.25) is 0 Å². The van der Waals surface area contributed by atoms with Gasteiger partial charge in [0.1, 0.15) is 0 Å². The molecule has 2 N–H and O–H groups in total. The van der Waals surface area contributed by atoms with Crippen LogP contribution in [0.15, 0.2) is 0 Å². The zero-order valence-electron chi connectivity index (χ0n) is 9.54. The van der Waals surface area contributed by atoms with Crippen molar-refractivity contribution in [2.24, 2.45) is 11.7 Å². The third-order valence-corrected chi connectivity index (χ3v) is 4.18. The average molecular weight is 197 g/mol. The van der Waals surface area contributed by atoms with Crippen LogP contribution in [0.2, 0.25) is 0 Å². The zero-order valence-corrected chi connectivity index (χ0v) is 9.54. The second-order valence-corrected chi connectivity index (χ2v) is 5.75. The number of nitrogens with zero attached hydrogens (tertiary/aromatic N) is 1. The highest BCUT2D eigenvalue weighted by Crippen LogP contribution is 2.28. The highest BCUT2D eigenvalue weighted by Gasteiger charge is 2.31. The Morgan fingerprint density at radius 3 is 2.43 bits per heavy atom. The standard InChI is InChI=1S/C12H25N2/c1-14(7-3-2-4-8-14)10-11-5-6-12(13)9-11/h11-12H,2-10,13H2,1H3/q+1. The number of nitrogens with two attached hydrogens (primary N) is 1. The molecule has 1 heterocycles. The smallest absolute Gasteiger partial charge is 0.0813 e. The van der Waals surface area contributed by atoms with Gasteiger partial charge in [0.2, 0.25) is 0 Å². The summed E-state index contributed by atoms with van der Waals surface area (Å²) in [7, 11) is 2.45. The molecule has 2 atom stereocenters. The van der Waals surface area contributed by atoms with Crippen molar-refractivity contribution in [2.75, 3.05) is 26.7 Å². The lowest BCUT2D eigenvalue weighted by Crippen LogP contribution is -2.50. The molecule has 2 unspecified atom stereocenters. The Labute approximate surface area is 88.1 Å². The van der Waals surface area contributed by atoms with Crippen molar-refractivity contribution in [1.29, 1.82) is 0 Å². The van der Waals surface area contributed by atoms with Gasteiger partial charge < -0.3 is 10.2 Å². The molecule has 0 spiro atoms. The number of hydrogen-bond donors (Lipinski definition) is 1. The van der Waals surface area contributed by atoms with E-state index in [9.17, 15) is 0 Å². The molecule has 0 aromatic carbocycles. The van der Waals surface area contributed by atoms with Gasteiger partial charge in [-0.15, -0.1) is 0 Å². The first kappa shape index (κ1) is 10.4. The van der Waals surface area contributed by atoms with Crippen molar-refractivity contribution in [2.45, 2.75) is 44.6 Å². The molecular weight excluding hydrogens is 172 g/mol. The molecule has 0 amide bonds. The predicted octanol–water partition coefficient (Wildman–Crippen LogP) is 1.74. The van der Waals surface area contributed by atoms with Crippen LogP contribution in [0.5, 0.6) is 0 Å². The van der Waals surface area contributed by atoms with E-state index in [1.165, 1.54) is 62.6 Å². The SMILES string of the molecule is C[N+]1(CC2CCC(N)C2)CCCCC1. The van der Waals surface area contributed by atoms with E-state index in [0.717, 1.165) is 5.92 Å². The summed E-state index contributed by atoms with van der Waals surface area (Å²) in [6.07, 6.45) is 8.27. The molecule has 1 saturated heterocycles. The van der Waals surface area contributed by atoms with Gasteiger partial charge in [0, 0.05) is 12.0 Å². The predicted molar refractivity (Wildman–Crippen MR) is 60.0 cm³/mol. The number of hydrogen-bond acceptors (Lipinski definition) is 1. The van der Waals surface area contributed by atoms with Crippen LogP contribution in [0.4, 0.5) is 0 Å². The zero-order chi connectivity index (χ0) is 10.0. The number of rotatable bonds is 2. The van der Waals surface area contributed by atoms with Crippen molar-refractivity contribution in [3.63, 3.8) is 0 Å². The average Bonchev–Trinajstić information content (AvgIpc) is 2.51. The third-order valence-electron chi connectivity index (χ3n) is 4.18. The van der Waals surface area contributed by atoms with E-state index >= 15 is 0 Å². The molecule has 0 bridgehead atoms. The van der Waals surface area contributed by atoms with E-state index in [0.29, 0.717) is 6.04 Å². The van der Waals surface area contributed by atoms with E-state index in [4.69, 9.17) is 5.73 Å². The molecule has 82 valence electrons. The van der Waals surface area contributed by atoms with Crippen LogP contribution >= 0.6 is 0 Å². The lowest BCUT2D eigenvalue weighted by atomic mass is 10.0. The molecule has 2 nitrogen and oxygen atoms in total. The van der Waals surface area contributed by atoms with Crippen LogP contribution in [0.25, 0.3) is 0 Å². The van der Waals surface area contributed by atoms with Gasteiger partial charge in [0.15, 0.2) is 0 Å². The molecule has 2 fully saturated rings. The summed E-state index contributed by atoms with van der Waals surface area (Å²) in [6.45, 7) is 4.21. The monoisotopic (exact) mass is 197 g/mol. The minimum absolute atomic E-state index is 0.511. The van der Waals surface area contributed by atoms with E-state index in [1.807, 2.05) is 0 Å². The second kappa shape index (κ2) is 4.19. The minimum atomic E-state index is 0.511. The van der Waals surface area contributed by atoms with Crippen LogP contribution in [0.1, 0.15) is 38.5 Å². The molecule has 1 aliphatic heterocycles. The summed E-state index contributed by atoms with van der Waals surface area (Å²) in [6, 6.07) is 0.511. The van der Waals surface area contributed by atoms with Gasteiger partial charge in [0.25, 0.3) is 0 Å². The molecular formula is C12H25N2+. The molecule has 14 heavy (non-hydrogen) atoms. The highest BCUT2D eigenvalue weighted by atomic mass is 15.3. The fraction of sp³-hybridized carbons (Fsp3) is 1.00. The van der Waals surface area contributed by atoms with E-state index in [-0.39, 0.29) is 0 Å². The van der Waals surface area contributed by atoms with Crippen molar-refractivity contribution < 1.29 is 4.48 Å². The summed E-state index contributed by atoms with van der Waals surface area (Å²) in [5.74, 6) is 0.924. The quantitative estimate of drug-likeness (QED) is 0.671. The summed E-state index contributed by atoms with van der Waals surface area (Å²) in [4.78, 5) is 0. The molecule has 2 rings (SSSR count). The van der Waals surface area contributed by atoms with Gasteiger partial charge in [0.05, 0.1) is 26.7 Å². The van der Waals surface area contributed by atoms with Crippen LogP contribution < -0.4 is 5.73 Å². The van der Waals surface area contributed by atoms with Gasteiger partial charge in [-0.25, -0.2) is 0 Å². The van der Waals surface area contributed by atoms with Crippen molar-refractivity contribution in [3.8, 4) is 0 Å². The van der Waals surface area contributed by atoms with E-state index < -0.39 is 0 Å². The number of quaternary nitrogens is 1. The minimum Gasteiger partial charge on any atom is -0.328 e. The first-order chi connectivity index (χ1) is 6.68. The molecule has 0 aromatic rings. The fourth-order valence-electron chi connectivity index (χ4n) is 3.36. The molecule has 1 saturated carbocycles. The van der Waals surface area contributed by atoms with Crippen LogP contribution in [0.3, 0.4) is 0 Å². The first-order valence-corrected chi connectivity index (χ1v) is 6.27. The van der Waals surface area contributed by atoms with Crippen LogP contribution in [-0.4, -0.2) is 37.2 Å². The van der Waals surface area contributed by atoms with Gasteiger partial charge in [-0.2, -0.15) is 0 Å². The summed E-state index contributed by atoms with van der Waals surface area (Å²) < 4.78 is 1.33. The summed E-state index contributed by atoms with van der Waals surface area (Å²) >= 11 is 0. The highest BCUT2D eigenvalue weighted by molar-refractivity contribution is 4.77. The molecule has 0 radical (unpaired) electrons. The van der Waals surface area contributed by atoms with Crippen molar-refractivity contribution >= 4 is 0 Å². The lowest BCUT2D eigenvalue weighted by Gasteiger charge is -2.39. The molecule has 1 aliphatic carbocycles. The number of piperidine rings is 1. The van der Waals surface area contributed by atoms with Crippen LogP contribution in [-0.2, 0) is 0 Å². The van der Waals surface area contributed by atoms with Gasteiger partial charge in [-0.05, 0) is 38.5 Å². The summed E-state index contributed by atoms with van der Waals surface area (Å²) in [5.41, 5.74) is 5.97.